The quantitative estimate of drug-likeness (QED) is 0.567. The fraction of sp³-hybridized carbons (Fsp3) is 0.562. The van der Waals surface area contributed by atoms with Crippen molar-refractivity contribution in [3.8, 4) is 0 Å². The molecule has 0 aliphatic heterocycles. The van der Waals surface area contributed by atoms with Crippen molar-refractivity contribution >= 4 is 17.3 Å². The summed E-state index contributed by atoms with van der Waals surface area (Å²) in [4.78, 5) is 14.2. The van der Waals surface area contributed by atoms with Crippen molar-refractivity contribution in [3.63, 3.8) is 0 Å². The predicted octanol–water partition coefficient (Wildman–Crippen LogP) is 2.79. The van der Waals surface area contributed by atoms with Gasteiger partial charge in [-0.2, -0.15) is 0 Å². The van der Waals surface area contributed by atoms with Gasteiger partial charge in [0.25, 0.3) is 0 Å². The maximum atomic E-state index is 12.2. The molecule has 1 unspecified atom stereocenters. The Balaban J connectivity index is 2.62. The Morgan fingerprint density at radius 2 is 2.10 bits per heavy atom. The molecule has 20 heavy (non-hydrogen) atoms. The molecule has 0 saturated carbocycles. The fourth-order valence-corrected chi connectivity index (χ4v) is 2.26. The monoisotopic (exact) mass is 277 g/mol. The number of nitrogen functional groups attached to an aromatic ring is 1. The first-order chi connectivity index (χ1) is 9.60. The molecule has 4 heteroatoms. The van der Waals surface area contributed by atoms with Gasteiger partial charge in [-0.3, -0.25) is 4.79 Å². The van der Waals surface area contributed by atoms with Crippen molar-refractivity contribution in [2.45, 2.75) is 46.1 Å². The molecule has 0 aliphatic rings. The second kappa shape index (κ2) is 8.46. The molecule has 1 aromatic rings. The summed E-state index contributed by atoms with van der Waals surface area (Å²) in [6, 6.07) is 7.47. The van der Waals surface area contributed by atoms with E-state index in [9.17, 15) is 4.79 Å². The number of benzene rings is 1. The highest BCUT2D eigenvalue weighted by molar-refractivity contribution is 5.85. The van der Waals surface area contributed by atoms with Crippen LogP contribution in [0.4, 0.5) is 11.4 Å². The molecule has 0 aliphatic carbocycles. The first-order valence-electron chi connectivity index (χ1n) is 7.50. The van der Waals surface area contributed by atoms with Crippen molar-refractivity contribution < 1.29 is 4.79 Å². The van der Waals surface area contributed by atoms with Crippen LogP contribution in [0.3, 0.4) is 0 Å². The lowest BCUT2D eigenvalue weighted by Gasteiger charge is -2.29. The van der Waals surface area contributed by atoms with Crippen LogP contribution >= 0.6 is 0 Å². The Kier molecular flexibility index (Phi) is 6.91. The predicted molar refractivity (Wildman–Crippen MR) is 85.9 cm³/mol. The number of unbranched alkanes of at least 4 members (excludes halogenated alkanes) is 2. The van der Waals surface area contributed by atoms with Crippen molar-refractivity contribution in [2.75, 3.05) is 23.7 Å². The Labute approximate surface area is 122 Å². The van der Waals surface area contributed by atoms with E-state index in [1.54, 1.807) is 0 Å². The van der Waals surface area contributed by atoms with E-state index in [2.05, 4.69) is 17.1 Å². The molecule has 4 nitrogen and oxygen atoms in total. The lowest BCUT2D eigenvalue weighted by molar-refractivity contribution is -0.122. The van der Waals surface area contributed by atoms with Crippen LogP contribution in [0.5, 0.6) is 0 Å². The second-order valence-electron chi connectivity index (χ2n) is 5.06. The standard InChI is InChI=1S/C16H27N3O/c1-4-6-7-11-18-16(20)13(3)19(5-2)15-10-8-9-14(17)12-15/h8-10,12-13H,4-7,11,17H2,1-3H3,(H,18,20). The number of rotatable bonds is 8. The van der Waals surface area contributed by atoms with Gasteiger partial charge >= 0.3 is 0 Å². The van der Waals surface area contributed by atoms with E-state index in [1.807, 2.05) is 38.1 Å². The molecule has 0 fully saturated rings. The second-order valence-corrected chi connectivity index (χ2v) is 5.06. The van der Waals surface area contributed by atoms with E-state index in [0.29, 0.717) is 0 Å². The van der Waals surface area contributed by atoms with Crippen LogP contribution in [0, 0.1) is 0 Å². The number of carbonyl (C=O) groups is 1. The fourth-order valence-electron chi connectivity index (χ4n) is 2.26. The minimum Gasteiger partial charge on any atom is -0.399 e. The highest BCUT2D eigenvalue weighted by atomic mass is 16.2. The minimum absolute atomic E-state index is 0.0744. The summed E-state index contributed by atoms with van der Waals surface area (Å²) >= 11 is 0. The lowest BCUT2D eigenvalue weighted by atomic mass is 10.2. The van der Waals surface area contributed by atoms with Gasteiger partial charge < -0.3 is 16.0 Å². The van der Waals surface area contributed by atoms with Crippen LogP contribution in [0.1, 0.15) is 40.0 Å². The molecule has 0 spiro atoms. The zero-order valence-electron chi connectivity index (χ0n) is 12.9. The number of nitrogens with zero attached hydrogens (tertiary/aromatic N) is 1. The highest BCUT2D eigenvalue weighted by Gasteiger charge is 2.20. The molecule has 1 atom stereocenters. The van der Waals surface area contributed by atoms with Crippen LogP contribution in [0.15, 0.2) is 24.3 Å². The number of carbonyl (C=O) groups excluding carboxylic acids is 1. The topological polar surface area (TPSA) is 58.4 Å². The van der Waals surface area contributed by atoms with Gasteiger partial charge in [-0.15, -0.1) is 0 Å². The van der Waals surface area contributed by atoms with Crippen molar-refractivity contribution in [1.29, 1.82) is 0 Å². The van der Waals surface area contributed by atoms with E-state index in [0.717, 1.165) is 43.7 Å². The number of hydrogen-bond acceptors (Lipinski definition) is 3. The van der Waals surface area contributed by atoms with Gasteiger partial charge in [-0.1, -0.05) is 25.8 Å². The van der Waals surface area contributed by atoms with Crippen LogP contribution in [0.2, 0.25) is 0 Å². The van der Waals surface area contributed by atoms with Crippen molar-refractivity contribution in [3.05, 3.63) is 24.3 Å². The maximum Gasteiger partial charge on any atom is 0.242 e. The first-order valence-corrected chi connectivity index (χ1v) is 7.50. The van der Waals surface area contributed by atoms with Crippen molar-refractivity contribution in [1.82, 2.24) is 5.32 Å². The smallest absolute Gasteiger partial charge is 0.242 e. The third-order valence-corrected chi connectivity index (χ3v) is 3.47. The summed E-state index contributed by atoms with van der Waals surface area (Å²) in [7, 11) is 0. The number of amides is 1. The molecule has 0 bridgehead atoms. The Morgan fingerprint density at radius 1 is 1.35 bits per heavy atom. The van der Waals surface area contributed by atoms with Gasteiger partial charge in [0, 0.05) is 24.5 Å². The number of hydrogen-bond donors (Lipinski definition) is 2. The maximum absolute atomic E-state index is 12.2. The summed E-state index contributed by atoms with van der Waals surface area (Å²) in [6.45, 7) is 7.66. The summed E-state index contributed by atoms with van der Waals surface area (Å²) in [5.41, 5.74) is 7.52. The molecule has 3 N–H and O–H groups in total. The third-order valence-electron chi connectivity index (χ3n) is 3.47. The molecule has 0 radical (unpaired) electrons. The molecule has 1 amide bonds. The Bertz CT molecular complexity index is 420. The highest BCUT2D eigenvalue weighted by Crippen LogP contribution is 2.19. The molecular formula is C16H27N3O. The van der Waals surface area contributed by atoms with Crippen LogP contribution < -0.4 is 16.0 Å². The molecule has 0 aromatic heterocycles. The Morgan fingerprint density at radius 3 is 2.70 bits per heavy atom. The molecule has 1 rings (SSSR count). The van der Waals surface area contributed by atoms with Crippen LogP contribution in [-0.4, -0.2) is 25.0 Å². The largest absolute Gasteiger partial charge is 0.399 e. The number of likely N-dealkylation sites (N-methyl/N-ethyl adjacent to an activating group) is 1. The Hall–Kier alpha value is -1.71. The van der Waals surface area contributed by atoms with Gasteiger partial charge in [0.1, 0.15) is 6.04 Å². The molecule has 0 heterocycles. The zero-order valence-corrected chi connectivity index (χ0v) is 12.9. The number of anilines is 2. The van der Waals surface area contributed by atoms with Gasteiger partial charge in [-0.05, 0) is 38.5 Å². The van der Waals surface area contributed by atoms with E-state index in [4.69, 9.17) is 5.73 Å². The SMILES string of the molecule is CCCCCNC(=O)C(C)N(CC)c1cccc(N)c1. The molecule has 112 valence electrons. The summed E-state index contributed by atoms with van der Waals surface area (Å²) in [5.74, 6) is 0.0744. The van der Waals surface area contributed by atoms with E-state index in [-0.39, 0.29) is 11.9 Å². The van der Waals surface area contributed by atoms with Gasteiger partial charge in [0.15, 0.2) is 0 Å². The third kappa shape index (κ3) is 4.76. The summed E-state index contributed by atoms with van der Waals surface area (Å²) in [6.07, 6.45) is 3.36. The van der Waals surface area contributed by atoms with Gasteiger partial charge in [0.05, 0.1) is 0 Å². The molecule has 1 aromatic carbocycles. The lowest BCUT2D eigenvalue weighted by Crippen LogP contribution is -2.45. The van der Waals surface area contributed by atoms with Crippen LogP contribution in [-0.2, 0) is 4.79 Å². The van der Waals surface area contributed by atoms with E-state index < -0.39 is 0 Å². The summed E-state index contributed by atoms with van der Waals surface area (Å²) < 4.78 is 0. The van der Waals surface area contributed by atoms with Gasteiger partial charge in [0.2, 0.25) is 5.91 Å². The normalized spacial score (nSPS) is 11.9. The van der Waals surface area contributed by atoms with E-state index in [1.165, 1.54) is 0 Å². The summed E-state index contributed by atoms with van der Waals surface area (Å²) in [5, 5.41) is 3.00. The average molecular weight is 277 g/mol. The first kappa shape index (κ1) is 16.3. The average Bonchev–Trinajstić information content (AvgIpc) is 2.44. The van der Waals surface area contributed by atoms with Crippen LogP contribution in [0.25, 0.3) is 0 Å². The zero-order chi connectivity index (χ0) is 15.0. The minimum atomic E-state index is -0.191. The van der Waals surface area contributed by atoms with E-state index >= 15 is 0 Å². The van der Waals surface area contributed by atoms with Gasteiger partial charge in [-0.25, -0.2) is 0 Å². The van der Waals surface area contributed by atoms with Crippen molar-refractivity contribution in [2.24, 2.45) is 0 Å². The molecular weight excluding hydrogens is 250 g/mol. The number of nitrogens with two attached hydrogens (primary N) is 1. The molecule has 0 saturated heterocycles. The number of nitrogens with one attached hydrogen (secondary N) is 1.